The van der Waals surface area contributed by atoms with Crippen molar-refractivity contribution in [1.29, 1.82) is 0 Å². The van der Waals surface area contributed by atoms with Gasteiger partial charge in [-0.05, 0) is 149 Å². The smallest absolute Gasteiger partial charge is 0.247 e. The lowest BCUT2D eigenvalue weighted by Gasteiger charge is -2.38. The molecule has 4 amide bonds. The second-order valence-corrected chi connectivity index (χ2v) is 21.9. The third-order valence-electron chi connectivity index (χ3n) is 15.8. The maximum absolute atomic E-state index is 13.8. The summed E-state index contributed by atoms with van der Waals surface area (Å²) in [6.07, 6.45) is 3.87. The summed E-state index contributed by atoms with van der Waals surface area (Å²) in [7, 11) is 0. The van der Waals surface area contributed by atoms with Gasteiger partial charge >= 0.3 is 0 Å². The van der Waals surface area contributed by atoms with Crippen LogP contribution in [0.4, 0.5) is 0 Å². The monoisotopic (exact) mass is 1070 g/mol. The largest absolute Gasteiger partial charge is 0.489 e. The number of aryl methyl sites for hydroxylation is 1. The van der Waals surface area contributed by atoms with E-state index in [0.717, 1.165) is 94.0 Å². The Bertz CT molecular complexity index is 2930. The summed E-state index contributed by atoms with van der Waals surface area (Å²) in [5, 5.41) is 6.36. The third kappa shape index (κ3) is 15.3. The fourth-order valence-electron chi connectivity index (χ4n) is 11.4. The summed E-state index contributed by atoms with van der Waals surface area (Å²) >= 11 is 0. The molecule has 6 aromatic rings. The van der Waals surface area contributed by atoms with Crippen molar-refractivity contribution in [2.45, 2.75) is 130 Å². The first kappa shape index (κ1) is 57.9. The summed E-state index contributed by atoms with van der Waals surface area (Å²) in [6.45, 7) is 20.7. The summed E-state index contributed by atoms with van der Waals surface area (Å²) in [5.74, 6) is 0.915. The Labute approximate surface area is 469 Å². The van der Waals surface area contributed by atoms with Crippen LogP contribution < -0.4 is 20.1 Å². The number of hydrogen-bond acceptors (Lipinski definition) is 8. The number of likely N-dealkylation sites (N-methyl/N-ethyl adjacent to an activating group) is 1. The van der Waals surface area contributed by atoms with Crippen molar-refractivity contribution in [3.05, 3.63) is 202 Å². The normalized spacial score (nSPS) is 17.3. The zero-order valence-corrected chi connectivity index (χ0v) is 47.5. The average molecular weight is 1070 g/mol. The second kappa shape index (κ2) is 28.0. The van der Waals surface area contributed by atoms with Gasteiger partial charge in [-0.3, -0.25) is 29.0 Å². The Morgan fingerprint density at radius 1 is 0.608 bits per heavy atom. The highest BCUT2D eigenvalue weighted by molar-refractivity contribution is 5.92. The summed E-state index contributed by atoms with van der Waals surface area (Å²) in [6, 6.07) is 49.6. The van der Waals surface area contributed by atoms with Crippen molar-refractivity contribution in [3.8, 4) is 11.5 Å². The molecule has 0 aliphatic carbocycles. The topological polar surface area (TPSA) is 124 Å². The van der Waals surface area contributed by atoms with Crippen molar-refractivity contribution >= 4 is 23.6 Å². The molecule has 12 heteroatoms. The quantitative estimate of drug-likeness (QED) is 0.0775. The van der Waals surface area contributed by atoms with Crippen LogP contribution in [-0.2, 0) is 51.7 Å². The zero-order valence-electron chi connectivity index (χ0n) is 47.5. The molecule has 79 heavy (non-hydrogen) atoms. The van der Waals surface area contributed by atoms with Gasteiger partial charge in [-0.2, -0.15) is 0 Å². The molecule has 0 aromatic heterocycles. The number of nitrogens with zero attached hydrogens (tertiary/aromatic N) is 4. The van der Waals surface area contributed by atoms with Crippen molar-refractivity contribution in [2.75, 3.05) is 45.8 Å². The molecule has 6 aromatic carbocycles. The third-order valence-corrected chi connectivity index (χ3v) is 15.8. The fraction of sp³-hybridized carbons (Fsp3) is 0.403. The van der Waals surface area contributed by atoms with E-state index in [1.54, 1.807) is 9.80 Å². The van der Waals surface area contributed by atoms with Crippen LogP contribution in [0.25, 0.3) is 0 Å². The van der Waals surface area contributed by atoms with Crippen LogP contribution in [0, 0.1) is 6.92 Å². The van der Waals surface area contributed by atoms with Gasteiger partial charge in [0.2, 0.25) is 23.6 Å². The minimum atomic E-state index is -0.670. The minimum Gasteiger partial charge on any atom is -0.489 e. The van der Waals surface area contributed by atoms with E-state index < -0.39 is 12.1 Å². The highest BCUT2D eigenvalue weighted by Gasteiger charge is 2.39. The van der Waals surface area contributed by atoms with Crippen LogP contribution in [0.1, 0.15) is 122 Å². The SMILES string of the molecule is CCN1CCC[C@H]1CNC(=O)C1c2ccc(OCc3ccccc3)cc2CCN1C(=O)C(C)c1ccccc1.Cc1ccc(CC(=O)N2CCc3cc(OCc4ccccc4)ccc3C2C(=O)NCCN(C(C)C)C(C)C)cc1. The van der Waals surface area contributed by atoms with Crippen LogP contribution in [0.15, 0.2) is 152 Å². The van der Waals surface area contributed by atoms with Gasteiger partial charge < -0.3 is 29.9 Å². The van der Waals surface area contributed by atoms with E-state index in [1.807, 2.05) is 166 Å². The Morgan fingerprint density at radius 3 is 1.67 bits per heavy atom. The second-order valence-electron chi connectivity index (χ2n) is 21.9. The molecule has 4 atom stereocenters. The molecule has 0 bridgehead atoms. The lowest BCUT2D eigenvalue weighted by molar-refractivity contribution is -0.142. The van der Waals surface area contributed by atoms with Crippen LogP contribution in [-0.4, -0.2) is 107 Å². The maximum Gasteiger partial charge on any atom is 0.247 e. The van der Waals surface area contributed by atoms with Gasteiger partial charge in [0.1, 0.15) is 36.8 Å². The molecular formula is C67H82N6O6. The number of hydrogen-bond donors (Lipinski definition) is 2. The first-order valence-electron chi connectivity index (χ1n) is 28.6. The van der Waals surface area contributed by atoms with E-state index in [1.165, 1.54) is 0 Å². The molecular weight excluding hydrogens is 985 g/mol. The Hall–Kier alpha value is -7.28. The van der Waals surface area contributed by atoms with E-state index in [0.29, 0.717) is 70.4 Å². The van der Waals surface area contributed by atoms with Crippen molar-refractivity contribution in [3.63, 3.8) is 0 Å². The summed E-state index contributed by atoms with van der Waals surface area (Å²) < 4.78 is 12.1. The minimum absolute atomic E-state index is 0.0209. The van der Waals surface area contributed by atoms with Gasteiger partial charge in [0.05, 0.1) is 12.3 Å². The number of likely N-dealkylation sites (tertiary alicyclic amines) is 1. The molecule has 2 N–H and O–H groups in total. The van der Waals surface area contributed by atoms with Gasteiger partial charge in [0.25, 0.3) is 0 Å². The van der Waals surface area contributed by atoms with E-state index in [9.17, 15) is 19.2 Å². The predicted molar refractivity (Wildman–Crippen MR) is 314 cm³/mol. The number of carbonyl (C=O) groups is 4. The van der Waals surface area contributed by atoms with Gasteiger partial charge in [0.15, 0.2) is 0 Å². The molecule has 416 valence electrons. The number of amides is 4. The molecule has 3 aliphatic rings. The zero-order chi connectivity index (χ0) is 55.8. The number of fused-ring (bicyclic) bond motifs is 2. The van der Waals surface area contributed by atoms with Gasteiger partial charge in [-0.15, -0.1) is 0 Å². The van der Waals surface area contributed by atoms with Gasteiger partial charge in [-0.1, -0.05) is 140 Å². The summed E-state index contributed by atoms with van der Waals surface area (Å²) in [5.41, 5.74) is 9.15. The first-order valence-corrected chi connectivity index (χ1v) is 28.6. The number of benzene rings is 6. The Kier molecular flexibility index (Phi) is 20.5. The van der Waals surface area contributed by atoms with Gasteiger partial charge in [-0.25, -0.2) is 0 Å². The predicted octanol–water partition coefficient (Wildman–Crippen LogP) is 10.6. The molecule has 1 saturated heterocycles. The molecule has 9 rings (SSSR count). The molecule has 3 unspecified atom stereocenters. The standard InChI is InChI=1S/C34H43N3O3.C33H39N3O3/c1-24(2)36(25(3)4)20-18-35-34(39)33-31-16-15-30(40-23-28-9-7-6-8-10-28)22-29(31)17-19-37(33)32(38)21-27-13-11-26(5)12-14-27;1-3-35-19-10-15-28(35)22-34-32(37)31-30-17-16-29(39-23-25-11-6-4-7-12-25)21-27(30)18-20-36(31)33(38)24(2)26-13-8-5-9-14-26/h6-16,22,24-25,33H,17-21,23H2,1-5H3,(H,35,39);4-9,11-14,16-17,21,24,28,31H,3,10,15,18-20,22-23H2,1-2H3,(H,34,37)/t;24?,28-,31?/m.0/s1. The molecule has 0 spiro atoms. The van der Waals surface area contributed by atoms with E-state index in [2.05, 4.69) is 55.1 Å². The van der Waals surface area contributed by atoms with E-state index in [4.69, 9.17) is 9.47 Å². The van der Waals surface area contributed by atoms with Crippen LogP contribution >= 0.6 is 0 Å². The molecule has 1 fully saturated rings. The molecule has 0 radical (unpaired) electrons. The maximum atomic E-state index is 13.8. The number of ether oxygens (including phenoxy) is 2. The van der Waals surface area contributed by atoms with Gasteiger partial charge in [0, 0.05) is 50.8 Å². The van der Waals surface area contributed by atoms with Crippen molar-refractivity contribution in [2.24, 2.45) is 0 Å². The lowest BCUT2D eigenvalue weighted by Crippen LogP contribution is -2.50. The highest BCUT2D eigenvalue weighted by Crippen LogP contribution is 2.36. The lowest BCUT2D eigenvalue weighted by atomic mass is 9.89. The average Bonchev–Trinajstić information content (AvgIpc) is 3.96. The molecule has 12 nitrogen and oxygen atoms in total. The molecule has 3 heterocycles. The fourth-order valence-corrected chi connectivity index (χ4v) is 11.4. The van der Waals surface area contributed by atoms with E-state index in [-0.39, 0.29) is 36.0 Å². The van der Waals surface area contributed by atoms with E-state index >= 15 is 0 Å². The van der Waals surface area contributed by atoms with Crippen molar-refractivity contribution < 1.29 is 28.7 Å². The number of rotatable bonds is 20. The first-order chi connectivity index (χ1) is 38.3. The molecule has 3 aliphatic heterocycles. The summed E-state index contributed by atoms with van der Waals surface area (Å²) in [4.78, 5) is 63.3. The van der Waals surface area contributed by atoms with Crippen LogP contribution in [0.3, 0.4) is 0 Å². The van der Waals surface area contributed by atoms with Crippen LogP contribution in [0.5, 0.6) is 11.5 Å². The Balaban J connectivity index is 0.000000208. The number of carbonyl (C=O) groups excluding carboxylic acids is 4. The highest BCUT2D eigenvalue weighted by atomic mass is 16.5. The Morgan fingerprint density at radius 2 is 1.13 bits per heavy atom. The number of nitrogens with one attached hydrogen (secondary N) is 2. The molecule has 0 saturated carbocycles. The van der Waals surface area contributed by atoms with Crippen molar-refractivity contribution in [1.82, 2.24) is 30.2 Å². The van der Waals surface area contributed by atoms with Crippen LogP contribution in [0.2, 0.25) is 0 Å².